The Balaban J connectivity index is 1.89. The van der Waals surface area contributed by atoms with Crippen molar-refractivity contribution in [1.82, 2.24) is 4.57 Å². The third-order valence-electron chi connectivity index (χ3n) is 6.21. The van der Waals surface area contributed by atoms with E-state index in [-0.39, 0.29) is 0 Å². The highest BCUT2D eigenvalue weighted by Crippen LogP contribution is 2.39. The summed E-state index contributed by atoms with van der Waals surface area (Å²) in [5.74, 6) is 0.649. The van der Waals surface area contributed by atoms with Crippen molar-refractivity contribution < 1.29 is 5.94 Å². The van der Waals surface area contributed by atoms with Crippen LogP contribution in [0, 0.1) is 13.8 Å². The average molecular weight is 325 g/mol. The summed E-state index contributed by atoms with van der Waals surface area (Å²) in [6.07, 6.45) is 12.5. The zero-order valence-corrected chi connectivity index (χ0v) is 15.2. The highest BCUT2D eigenvalue weighted by atomic mass is 15.2. The van der Waals surface area contributed by atoms with Crippen LogP contribution in [0.2, 0.25) is 0 Å². The fraction of sp³-hybridized carbons (Fsp3) is 0.591. The Hall–Kier alpha value is -1.57. The van der Waals surface area contributed by atoms with Gasteiger partial charge in [0.1, 0.15) is 23.1 Å². The van der Waals surface area contributed by atoms with Gasteiger partial charge in [0, 0.05) is 12.8 Å². The molecule has 0 bridgehead atoms. The van der Waals surface area contributed by atoms with Gasteiger partial charge in [-0.25, -0.2) is 4.57 Å². The van der Waals surface area contributed by atoms with Crippen molar-refractivity contribution in [3.05, 3.63) is 47.5 Å². The van der Waals surface area contributed by atoms with Crippen LogP contribution >= 0.6 is 0 Å². The molecule has 2 fully saturated rings. The topological polar surface area (TPSA) is 8.81 Å². The van der Waals surface area contributed by atoms with Crippen LogP contribution in [0.4, 0.5) is 0 Å². The molecule has 2 nitrogen and oxygen atoms in total. The lowest BCUT2D eigenvalue weighted by atomic mass is 9.93. The first-order valence-electron chi connectivity index (χ1n) is 10.4. The summed E-state index contributed by atoms with van der Waals surface area (Å²) in [4.78, 5) is 0. The van der Waals surface area contributed by atoms with Crippen LogP contribution in [0.5, 0.6) is 0 Å². The van der Waals surface area contributed by atoms with Gasteiger partial charge in [0.15, 0.2) is 1.37 Å². The van der Waals surface area contributed by atoms with Gasteiger partial charge >= 0.3 is 0 Å². The van der Waals surface area contributed by atoms with Gasteiger partial charge in [-0.2, -0.15) is 4.57 Å². The minimum absolute atomic E-state index is 0.529. The molecule has 4 rings (SSSR count). The molecule has 0 saturated heterocycles. The molecule has 0 spiro atoms. The van der Waals surface area contributed by atoms with E-state index in [0.717, 1.165) is 0 Å². The van der Waals surface area contributed by atoms with Crippen molar-refractivity contribution >= 4 is 0 Å². The predicted octanol–water partition coefficient (Wildman–Crippen LogP) is 5.54. The number of aromatic nitrogens is 2. The normalized spacial score (nSPS) is 20.5. The minimum Gasteiger partial charge on any atom is -0.230 e. The Morgan fingerprint density at radius 3 is 2.33 bits per heavy atom. The SMILES string of the molecule is [2H]c1n(C2CCCCC2)c(C2CCCC2)c(C)[n+]1-c1ccccc1C. The molecule has 2 heteroatoms. The lowest BCUT2D eigenvalue weighted by molar-refractivity contribution is -0.602. The Labute approximate surface area is 147 Å². The molecule has 0 N–H and O–H groups in total. The molecule has 0 radical (unpaired) electrons. The van der Waals surface area contributed by atoms with Crippen molar-refractivity contribution in [2.45, 2.75) is 83.6 Å². The maximum absolute atomic E-state index is 9.07. The van der Waals surface area contributed by atoms with Crippen LogP contribution in [0.25, 0.3) is 5.69 Å². The van der Waals surface area contributed by atoms with Crippen LogP contribution < -0.4 is 4.57 Å². The summed E-state index contributed by atoms with van der Waals surface area (Å²) in [5.41, 5.74) is 5.20. The van der Waals surface area contributed by atoms with Crippen molar-refractivity contribution in [3.8, 4) is 5.69 Å². The Bertz CT molecular complexity index is 750. The third-order valence-corrected chi connectivity index (χ3v) is 6.21. The van der Waals surface area contributed by atoms with Crippen molar-refractivity contribution in [1.29, 1.82) is 0 Å². The van der Waals surface area contributed by atoms with Gasteiger partial charge in [0.05, 0.1) is 0 Å². The summed E-state index contributed by atoms with van der Waals surface area (Å²) in [5, 5.41) is 0. The second-order valence-corrected chi connectivity index (χ2v) is 7.84. The zero-order valence-electron chi connectivity index (χ0n) is 16.2. The van der Waals surface area contributed by atoms with Gasteiger partial charge in [-0.3, -0.25) is 0 Å². The quantitative estimate of drug-likeness (QED) is 0.655. The molecule has 1 heterocycles. The van der Waals surface area contributed by atoms with E-state index in [4.69, 9.17) is 1.37 Å². The van der Waals surface area contributed by atoms with Gasteiger partial charge in [-0.15, -0.1) is 0 Å². The molecule has 0 unspecified atom stereocenters. The summed E-state index contributed by atoms with van der Waals surface area (Å²) in [6, 6.07) is 9.05. The Morgan fingerprint density at radius 2 is 1.62 bits per heavy atom. The van der Waals surface area contributed by atoms with Crippen molar-refractivity contribution in [2.75, 3.05) is 0 Å². The molecule has 0 amide bonds. The third kappa shape index (κ3) is 2.81. The highest BCUT2D eigenvalue weighted by Gasteiger charge is 2.34. The van der Waals surface area contributed by atoms with Crippen LogP contribution in [-0.4, -0.2) is 4.57 Å². The van der Waals surface area contributed by atoms with E-state index in [1.54, 1.807) is 0 Å². The maximum Gasteiger partial charge on any atom is 0.249 e. The fourth-order valence-corrected chi connectivity index (χ4v) is 4.88. The molecular formula is C22H31N2+. The largest absolute Gasteiger partial charge is 0.249 e. The zero-order chi connectivity index (χ0) is 17.4. The van der Waals surface area contributed by atoms with E-state index >= 15 is 0 Å². The average Bonchev–Trinajstić information content (AvgIpc) is 3.23. The Morgan fingerprint density at radius 1 is 0.958 bits per heavy atom. The molecule has 2 aliphatic rings. The van der Waals surface area contributed by atoms with E-state index in [0.29, 0.717) is 18.3 Å². The number of hydrogen-bond acceptors (Lipinski definition) is 0. The van der Waals surface area contributed by atoms with Gasteiger partial charge in [-0.05, 0) is 57.1 Å². The lowest BCUT2D eigenvalue weighted by Crippen LogP contribution is -2.33. The first-order chi connectivity index (χ1) is 12.2. The molecular weight excluding hydrogens is 292 g/mol. The second-order valence-electron chi connectivity index (χ2n) is 7.84. The molecule has 24 heavy (non-hydrogen) atoms. The number of imidazole rings is 1. The highest BCUT2D eigenvalue weighted by molar-refractivity contribution is 5.33. The number of benzene rings is 1. The molecule has 1 aromatic heterocycles. The van der Waals surface area contributed by atoms with E-state index in [9.17, 15) is 0 Å². The molecule has 128 valence electrons. The minimum atomic E-state index is 0.529. The summed E-state index contributed by atoms with van der Waals surface area (Å²) in [7, 11) is 0. The number of rotatable bonds is 3. The lowest BCUT2D eigenvalue weighted by Gasteiger charge is -2.21. The van der Waals surface area contributed by atoms with Crippen LogP contribution in [0.1, 0.15) is 88.1 Å². The summed E-state index contributed by atoms with van der Waals surface area (Å²) >= 11 is 0. The van der Waals surface area contributed by atoms with E-state index in [2.05, 4.69) is 47.2 Å². The standard InChI is InChI=1S/C22H31N2/c1-17-10-6-9-15-21(17)23-16-24(20-13-4-3-5-14-20)22(18(23)2)19-11-7-8-12-19/h6,9-10,15-16,19-20H,3-5,7-8,11-14H2,1-2H3/q+1/i16D. The number of para-hydroxylation sites is 1. The fourth-order valence-electron chi connectivity index (χ4n) is 4.88. The first kappa shape index (κ1) is 14.7. The van der Waals surface area contributed by atoms with E-state index < -0.39 is 0 Å². The smallest absolute Gasteiger partial charge is 0.230 e. The predicted molar refractivity (Wildman–Crippen MR) is 98.8 cm³/mol. The Kier molecular flexibility index (Phi) is 4.14. The second kappa shape index (κ2) is 6.74. The summed E-state index contributed by atoms with van der Waals surface area (Å²) < 4.78 is 13.7. The van der Waals surface area contributed by atoms with Crippen LogP contribution in [-0.2, 0) is 0 Å². The van der Waals surface area contributed by atoms with Gasteiger partial charge in [0.25, 0.3) is 0 Å². The molecule has 2 aliphatic carbocycles. The number of hydrogen-bond donors (Lipinski definition) is 0. The van der Waals surface area contributed by atoms with Gasteiger partial charge in [-0.1, -0.05) is 37.5 Å². The number of nitrogens with zero attached hydrogens (tertiary/aromatic N) is 2. The van der Waals surface area contributed by atoms with Gasteiger partial charge in [0.2, 0.25) is 6.30 Å². The maximum atomic E-state index is 9.07. The molecule has 2 saturated carbocycles. The monoisotopic (exact) mass is 324 g/mol. The number of aryl methyl sites for hydroxylation is 1. The summed E-state index contributed by atoms with van der Waals surface area (Å²) in [6.45, 7) is 4.41. The molecule has 0 aliphatic heterocycles. The first-order valence-corrected chi connectivity index (χ1v) is 9.88. The van der Waals surface area contributed by atoms with E-state index in [1.807, 2.05) is 0 Å². The van der Waals surface area contributed by atoms with Crippen LogP contribution in [0.3, 0.4) is 0 Å². The van der Waals surface area contributed by atoms with Crippen molar-refractivity contribution in [2.24, 2.45) is 0 Å². The molecule has 1 aromatic carbocycles. The van der Waals surface area contributed by atoms with Crippen LogP contribution in [0.15, 0.2) is 30.6 Å². The van der Waals surface area contributed by atoms with Gasteiger partial charge < -0.3 is 0 Å². The molecule has 2 aromatic rings. The van der Waals surface area contributed by atoms with E-state index in [1.165, 1.54) is 80.4 Å². The van der Waals surface area contributed by atoms with Crippen molar-refractivity contribution in [3.63, 3.8) is 0 Å². The molecule has 0 atom stereocenters.